The van der Waals surface area contributed by atoms with Crippen molar-refractivity contribution in [2.24, 2.45) is 0 Å². The molecule has 1 aromatic heterocycles. The SMILES string of the molecule is Cc1ccc(N2CCC(NCCN3CCN(C(C)C)CC3)CC2)cc1-c1cc2cc(F)ccc2[nH]1. The summed E-state index contributed by atoms with van der Waals surface area (Å²) in [7, 11) is 0. The fraction of sp³-hybridized carbons (Fsp3) is 0.517. The highest BCUT2D eigenvalue weighted by molar-refractivity contribution is 5.87. The third-order valence-corrected chi connectivity index (χ3v) is 7.95. The van der Waals surface area contributed by atoms with Gasteiger partial charge in [-0.05, 0) is 75.6 Å². The number of rotatable bonds is 7. The molecule has 5 rings (SSSR count). The number of halogens is 1. The van der Waals surface area contributed by atoms with E-state index < -0.39 is 0 Å². The molecule has 2 aliphatic rings. The van der Waals surface area contributed by atoms with Crippen molar-refractivity contribution in [3.63, 3.8) is 0 Å². The first kappa shape index (κ1) is 24.3. The molecule has 0 atom stereocenters. The van der Waals surface area contributed by atoms with Gasteiger partial charge >= 0.3 is 0 Å². The molecule has 0 bridgehead atoms. The fourth-order valence-corrected chi connectivity index (χ4v) is 5.62. The number of piperidine rings is 1. The van der Waals surface area contributed by atoms with Gasteiger partial charge < -0.3 is 15.2 Å². The van der Waals surface area contributed by atoms with E-state index in [4.69, 9.17) is 0 Å². The van der Waals surface area contributed by atoms with E-state index in [1.807, 2.05) is 6.07 Å². The first-order chi connectivity index (χ1) is 17.0. The Bertz CT molecular complexity index is 1120. The highest BCUT2D eigenvalue weighted by atomic mass is 19.1. The zero-order chi connectivity index (χ0) is 24.4. The second-order valence-electron chi connectivity index (χ2n) is 10.6. The third-order valence-electron chi connectivity index (χ3n) is 7.95. The summed E-state index contributed by atoms with van der Waals surface area (Å²) in [5, 5.41) is 4.74. The van der Waals surface area contributed by atoms with E-state index in [2.05, 4.69) is 70.0 Å². The van der Waals surface area contributed by atoms with Gasteiger partial charge in [0.05, 0.1) is 0 Å². The Morgan fingerprint density at radius 3 is 2.49 bits per heavy atom. The highest BCUT2D eigenvalue weighted by Crippen LogP contribution is 2.31. The molecule has 5 nitrogen and oxygen atoms in total. The number of hydrogen-bond acceptors (Lipinski definition) is 4. The first-order valence-corrected chi connectivity index (χ1v) is 13.3. The molecule has 0 amide bonds. The molecule has 2 saturated heterocycles. The lowest BCUT2D eigenvalue weighted by Crippen LogP contribution is -2.51. The lowest BCUT2D eigenvalue weighted by atomic mass is 10.0. The quantitative estimate of drug-likeness (QED) is 0.509. The van der Waals surface area contributed by atoms with Gasteiger partial charge in [-0.15, -0.1) is 0 Å². The van der Waals surface area contributed by atoms with Crippen LogP contribution in [-0.2, 0) is 0 Å². The molecule has 0 spiro atoms. The minimum Gasteiger partial charge on any atom is -0.371 e. The summed E-state index contributed by atoms with van der Waals surface area (Å²) in [6, 6.07) is 15.0. The molecule has 0 aliphatic carbocycles. The van der Waals surface area contributed by atoms with Crippen LogP contribution in [0.3, 0.4) is 0 Å². The molecule has 2 aromatic carbocycles. The van der Waals surface area contributed by atoms with Crippen LogP contribution in [0.2, 0.25) is 0 Å². The van der Waals surface area contributed by atoms with E-state index in [1.54, 1.807) is 6.07 Å². The number of anilines is 1. The Morgan fingerprint density at radius 2 is 1.74 bits per heavy atom. The maximum Gasteiger partial charge on any atom is 0.123 e. The molecule has 0 saturated carbocycles. The monoisotopic (exact) mass is 477 g/mol. The summed E-state index contributed by atoms with van der Waals surface area (Å²) >= 11 is 0. The van der Waals surface area contributed by atoms with Crippen molar-refractivity contribution in [1.29, 1.82) is 0 Å². The van der Waals surface area contributed by atoms with Crippen LogP contribution in [0, 0.1) is 12.7 Å². The normalized spacial score (nSPS) is 18.7. The smallest absolute Gasteiger partial charge is 0.123 e. The van der Waals surface area contributed by atoms with Crippen LogP contribution in [0.25, 0.3) is 22.2 Å². The molecule has 0 unspecified atom stereocenters. The van der Waals surface area contributed by atoms with Crippen LogP contribution < -0.4 is 10.2 Å². The van der Waals surface area contributed by atoms with Gasteiger partial charge in [-0.3, -0.25) is 9.80 Å². The number of aryl methyl sites for hydroxylation is 1. The van der Waals surface area contributed by atoms with E-state index in [1.165, 1.54) is 61.9 Å². The van der Waals surface area contributed by atoms with Crippen LogP contribution in [0.4, 0.5) is 10.1 Å². The van der Waals surface area contributed by atoms with Crippen molar-refractivity contribution in [1.82, 2.24) is 20.1 Å². The van der Waals surface area contributed by atoms with Crippen LogP contribution in [-0.4, -0.2) is 79.2 Å². The number of fused-ring (bicyclic) bond motifs is 1. The van der Waals surface area contributed by atoms with E-state index in [0.717, 1.165) is 42.8 Å². The van der Waals surface area contributed by atoms with Gasteiger partial charge in [-0.25, -0.2) is 4.39 Å². The second-order valence-corrected chi connectivity index (χ2v) is 10.6. The summed E-state index contributed by atoms with van der Waals surface area (Å²) in [6.07, 6.45) is 2.35. The van der Waals surface area contributed by atoms with Crippen molar-refractivity contribution in [2.45, 2.75) is 45.7 Å². The first-order valence-electron chi connectivity index (χ1n) is 13.3. The molecular weight excluding hydrogens is 437 g/mol. The van der Waals surface area contributed by atoms with Crippen LogP contribution in [0.1, 0.15) is 32.3 Å². The largest absolute Gasteiger partial charge is 0.371 e. The summed E-state index contributed by atoms with van der Waals surface area (Å²) in [5.41, 5.74) is 5.72. The lowest BCUT2D eigenvalue weighted by Gasteiger charge is -2.38. The Labute approximate surface area is 209 Å². The van der Waals surface area contributed by atoms with E-state index >= 15 is 0 Å². The molecule has 2 fully saturated rings. The lowest BCUT2D eigenvalue weighted by molar-refractivity contribution is 0.108. The number of hydrogen-bond donors (Lipinski definition) is 2. The number of piperazine rings is 1. The Balaban J connectivity index is 1.13. The number of aromatic nitrogens is 1. The molecule has 2 N–H and O–H groups in total. The van der Waals surface area contributed by atoms with E-state index in [-0.39, 0.29) is 5.82 Å². The fourth-order valence-electron chi connectivity index (χ4n) is 5.62. The highest BCUT2D eigenvalue weighted by Gasteiger charge is 2.22. The van der Waals surface area contributed by atoms with E-state index in [0.29, 0.717) is 12.1 Å². The Morgan fingerprint density at radius 1 is 0.971 bits per heavy atom. The molecular formula is C29H40FN5. The topological polar surface area (TPSA) is 37.5 Å². The zero-order valence-corrected chi connectivity index (χ0v) is 21.5. The second kappa shape index (κ2) is 10.7. The van der Waals surface area contributed by atoms with Crippen LogP contribution >= 0.6 is 0 Å². The molecule has 3 heterocycles. The van der Waals surface area contributed by atoms with E-state index in [9.17, 15) is 4.39 Å². The van der Waals surface area contributed by atoms with Gasteiger partial charge in [-0.1, -0.05) is 6.07 Å². The minimum absolute atomic E-state index is 0.196. The number of nitrogens with one attached hydrogen (secondary N) is 2. The average Bonchev–Trinajstić information content (AvgIpc) is 3.28. The molecule has 188 valence electrons. The van der Waals surface area contributed by atoms with Crippen LogP contribution in [0.15, 0.2) is 42.5 Å². The Hall–Kier alpha value is -2.41. The summed E-state index contributed by atoms with van der Waals surface area (Å²) in [6.45, 7) is 15.9. The predicted octanol–water partition coefficient (Wildman–Crippen LogP) is 4.87. The molecule has 0 radical (unpaired) electrons. The molecule has 2 aliphatic heterocycles. The molecule has 35 heavy (non-hydrogen) atoms. The van der Waals surface area contributed by atoms with Crippen molar-refractivity contribution in [3.8, 4) is 11.3 Å². The number of H-pyrrole nitrogens is 1. The predicted molar refractivity (Wildman–Crippen MR) is 145 cm³/mol. The summed E-state index contributed by atoms with van der Waals surface area (Å²) < 4.78 is 13.6. The van der Waals surface area contributed by atoms with Crippen molar-refractivity contribution in [3.05, 3.63) is 53.8 Å². The van der Waals surface area contributed by atoms with Crippen molar-refractivity contribution < 1.29 is 4.39 Å². The summed E-state index contributed by atoms with van der Waals surface area (Å²) in [4.78, 5) is 11.2. The number of aromatic amines is 1. The standard InChI is InChI=1S/C29H40FN5/c1-21(2)34-16-14-33(15-17-34)13-10-31-25-8-11-35(12-9-25)26-6-4-22(3)27(20-26)29-19-23-18-24(30)5-7-28(23)32-29/h4-7,18-21,25,31-32H,8-17H2,1-3H3. The van der Waals surface area contributed by atoms with Gasteiger partial charge in [-0.2, -0.15) is 0 Å². The van der Waals surface area contributed by atoms with Gasteiger partial charge in [0.1, 0.15) is 5.82 Å². The molecule has 3 aromatic rings. The maximum absolute atomic E-state index is 13.6. The zero-order valence-electron chi connectivity index (χ0n) is 21.5. The number of benzene rings is 2. The maximum atomic E-state index is 13.6. The molecule has 6 heteroatoms. The Kier molecular flexibility index (Phi) is 7.42. The third kappa shape index (κ3) is 5.71. The number of nitrogens with zero attached hydrogens (tertiary/aromatic N) is 3. The summed E-state index contributed by atoms with van der Waals surface area (Å²) in [5.74, 6) is -0.196. The minimum atomic E-state index is -0.196. The van der Waals surface area contributed by atoms with Crippen molar-refractivity contribution in [2.75, 3.05) is 57.3 Å². The van der Waals surface area contributed by atoms with Crippen LogP contribution in [0.5, 0.6) is 0 Å². The van der Waals surface area contributed by atoms with Gasteiger partial charge in [0.2, 0.25) is 0 Å². The average molecular weight is 478 g/mol. The van der Waals surface area contributed by atoms with Gasteiger partial charge in [0.25, 0.3) is 0 Å². The van der Waals surface area contributed by atoms with Crippen molar-refractivity contribution >= 4 is 16.6 Å². The van der Waals surface area contributed by atoms with Gasteiger partial charge in [0.15, 0.2) is 0 Å². The van der Waals surface area contributed by atoms with Gasteiger partial charge in [0, 0.05) is 92.3 Å².